The average molecular weight is 283 g/mol. The Kier molecular flexibility index (Phi) is 7.44. The number of nitrogens with two attached hydrogens (primary N) is 1. The Bertz CT molecular complexity index is 340. The van der Waals surface area contributed by atoms with Crippen LogP contribution in [0.25, 0.3) is 0 Å². The number of halogens is 1. The highest BCUT2D eigenvalue weighted by Gasteiger charge is 2.23. The van der Waals surface area contributed by atoms with E-state index in [1.54, 1.807) is 0 Å². The molecule has 0 spiro atoms. The highest BCUT2D eigenvalue weighted by molar-refractivity contribution is 5.85. The fraction of sp³-hybridized carbons (Fsp3) is 0.625. The summed E-state index contributed by atoms with van der Waals surface area (Å²) < 4.78 is 0. The molecule has 1 fully saturated rings. The molecule has 19 heavy (non-hydrogen) atoms. The van der Waals surface area contributed by atoms with E-state index in [1.807, 2.05) is 0 Å². The molecule has 0 aromatic heterocycles. The van der Waals surface area contributed by atoms with Crippen molar-refractivity contribution in [3.05, 3.63) is 35.9 Å². The van der Waals surface area contributed by atoms with Crippen LogP contribution in [-0.4, -0.2) is 30.6 Å². The smallest absolute Gasteiger partial charge is 0.0107 e. The molecule has 0 radical (unpaired) electrons. The van der Waals surface area contributed by atoms with Gasteiger partial charge in [0.15, 0.2) is 0 Å². The molecule has 2 atom stereocenters. The molecule has 1 aliphatic rings. The average Bonchev–Trinajstić information content (AvgIpc) is 2.42. The molecule has 1 heterocycles. The van der Waals surface area contributed by atoms with Gasteiger partial charge in [0.25, 0.3) is 0 Å². The highest BCUT2D eigenvalue weighted by Crippen LogP contribution is 2.23. The van der Waals surface area contributed by atoms with Crippen molar-refractivity contribution in [2.24, 2.45) is 5.73 Å². The van der Waals surface area contributed by atoms with Crippen LogP contribution in [0.5, 0.6) is 0 Å². The van der Waals surface area contributed by atoms with Crippen LogP contribution in [0.3, 0.4) is 0 Å². The Morgan fingerprint density at radius 3 is 2.68 bits per heavy atom. The summed E-state index contributed by atoms with van der Waals surface area (Å²) in [5.41, 5.74) is 7.19. The molecule has 1 aromatic rings. The summed E-state index contributed by atoms with van der Waals surface area (Å²) in [6.07, 6.45) is 5.21. The van der Waals surface area contributed by atoms with E-state index >= 15 is 0 Å². The van der Waals surface area contributed by atoms with Crippen molar-refractivity contribution in [1.29, 1.82) is 0 Å². The lowest BCUT2D eigenvalue weighted by atomic mass is 9.95. The van der Waals surface area contributed by atoms with E-state index in [-0.39, 0.29) is 12.4 Å². The number of nitrogens with zero attached hydrogens (tertiary/aromatic N) is 1. The predicted molar refractivity (Wildman–Crippen MR) is 85.0 cm³/mol. The first kappa shape index (κ1) is 16.5. The van der Waals surface area contributed by atoms with Gasteiger partial charge >= 0.3 is 0 Å². The first-order chi connectivity index (χ1) is 8.81. The van der Waals surface area contributed by atoms with Gasteiger partial charge in [0, 0.05) is 12.6 Å². The normalized spacial score (nSPS) is 21.7. The highest BCUT2D eigenvalue weighted by atomic mass is 35.5. The summed E-state index contributed by atoms with van der Waals surface area (Å²) in [6, 6.07) is 11.6. The monoisotopic (exact) mass is 282 g/mol. The molecule has 0 bridgehead atoms. The van der Waals surface area contributed by atoms with Crippen LogP contribution in [-0.2, 0) is 0 Å². The van der Waals surface area contributed by atoms with Crippen LogP contribution in [0, 0.1) is 0 Å². The molecule has 2 N–H and O–H groups in total. The molecule has 108 valence electrons. The SMILES string of the molecule is CC(CN1CCCCC1CCN)c1ccccc1.Cl. The number of piperidine rings is 1. The summed E-state index contributed by atoms with van der Waals surface area (Å²) in [7, 11) is 0. The fourth-order valence-electron chi connectivity index (χ4n) is 3.06. The standard InChI is InChI=1S/C16H26N2.ClH/c1-14(15-7-3-2-4-8-15)13-18-12-6-5-9-16(18)10-11-17;/h2-4,7-8,14,16H,5-6,9-13,17H2,1H3;1H. The Morgan fingerprint density at radius 1 is 1.26 bits per heavy atom. The third-order valence-corrected chi connectivity index (χ3v) is 4.13. The number of hydrogen-bond donors (Lipinski definition) is 1. The van der Waals surface area contributed by atoms with Crippen molar-refractivity contribution in [2.75, 3.05) is 19.6 Å². The second kappa shape index (κ2) is 8.57. The van der Waals surface area contributed by atoms with Crippen molar-refractivity contribution in [1.82, 2.24) is 4.90 Å². The van der Waals surface area contributed by atoms with E-state index in [2.05, 4.69) is 42.2 Å². The van der Waals surface area contributed by atoms with E-state index in [0.717, 1.165) is 19.0 Å². The lowest BCUT2D eigenvalue weighted by Gasteiger charge is -2.37. The summed E-state index contributed by atoms with van der Waals surface area (Å²) in [6.45, 7) is 5.58. The van der Waals surface area contributed by atoms with Gasteiger partial charge < -0.3 is 5.73 Å². The first-order valence-electron chi connectivity index (χ1n) is 7.30. The van der Waals surface area contributed by atoms with Gasteiger partial charge in [-0.15, -0.1) is 12.4 Å². The molecule has 0 saturated carbocycles. The van der Waals surface area contributed by atoms with Crippen molar-refractivity contribution in [3.8, 4) is 0 Å². The van der Waals surface area contributed by atoms with E-state index in [9.17, 15) is 0 Å². The Labute approximate surface area is 123 Å². The van der Waals surface area contributed by atoms with Crippen molar-refractivity contribution in [2.45, 2.75) is 44.6 Å². The molecule has 3 heteroatoms. The summed E-state index contributed by atoms with van der Waals surface area (Å²) in [5, 5.41) is 0. The zero-order valence-corrected chi connectivity index (χ0v) is 12.7. The van der Waals surface area contributed by atoms with Crippen molar-refractivity contribution >= 4 is 12.4 Å². The van der Waals surface area contributed by atoms with Crippen molar-refractivity contribution in [3.63, 3.8) is 0 Å². The van der Waals surface area contributed by atoms with E-state index in [4.69, 9.17) is 5.73 Å². The molecule has 1 aromatic carbocycles. The van der Waals surface area contributed by atoms with Crippen LogP contribution in [0.15, 0.2) is 30.3 Å². The van der Waals surface area contributed by atoms with Crippen molar-refractivity contribution < 1.29 is 0 Å². The van der Waals surface area contributed by atoms with Gasteiger partial charge in [0.1, 0.15) is 0 Å². The molecule has 0 amide bonds. The summed E-state index contributed by atoms with van der Waals surface area (Å²) in [5.74, 6) is 0.615. The van der Waals surface area contributed by atoms with Crippen LogP contribution >= 0.6 is 12.4 Å². The topological polar surface area (TPSA) is 29.3 Å². The third-order valence-electron chi connectivity index (χ3n) is 4.13. The molecule has 2 rings (SSSR count). The minimum Gasteiger partial charge on any atom is -0.330 e. The molecular weight excluding hydrogens is 256 g/mol. The van der Waals surface area contributed by atoms with Gasteiger partial charge in [-0.1, -0.05) is 43.7 Å². The Morgan fingerprint density at radius 2 is 2.00 bits per heavy atom. The molecule has 2 nitrogen and oxygen atoms in total. The number of rotatable bonds is 5. The van der Waals surface area contributed by atoms with Crippen LogP contribution < -0.4 is 5.73 Å². The zero-order valence-electron chi connectivity index (χ0n) is 11.9. The Balaban J connectivity index is 0.00000180. The first-order valence-corrected chi connectivity index (χ1v) is 7.30. The number of likely N-dealkylation sites (tertiary alicyclic amines) is 1. The molecular formula is C16H27ClN2. The van der Waals surface area contributed by atoms with Gasteiger partial charge in [-0.2, -0.15) is 0 Å². The summed E-state index contributed by atoms with van der Waals surface area (Å²) >= 11 is 0. The van der Waals surface area contributed by atoms with Gasteiger partial charge in [-0.25, -0.2) is 0 Å². The molecule has 1 saturated heterocycles. The lowest BCUT2D eigenvalue weighted by Crippen LogP contribution is -2.42. The molecule has 0 aliphatic carbocycles. The maximum Gasteiger partial charge on any atom is 0.0107 e. The quantitative estimate of drug-likeness (QED) is 0.897. The van der Waals surface area contributed by atoms with Gasteiger partial charge in [-0.05, 0) is 43.8 Å². The lowest BCUT2D eigenvalue weighted by molar-refractivity contribution is 0.135. The fourth-order valence-corrected chi connectivity index (χ4v) is 3.06. The van der Waals surface area contributed by atoms with Crippen LogP contribution in [0.2, 0.25) is 0 Å². The number of benzene rings is 1. The Hall–Kier alpha value is -0.570. The maximum absolute atomic E-state index is 5.74. The summed E-state index contributed by atoms with van der Waals surface area (Å²) in [4.78, 5) is 2.66. The minimum absolute atomic E-state index is 0. The minimum atomic E-state index is 0. The van der Waals surface area contributed by atoms with Gasteiger partial charge in [0.2, 0.25) is 0 Å². The molecule has 1 aliphatic heterocycles. The number of hydrogen-bond acceptors (Lipinski definition) is 2. The van der Waals surface area contributed by atoms with Crippen LogP contribution in [0.4, 0.5) is 0 Å². The molecule has 2 unspecified atom stereocenters. The van der Waals surface area contributed by atoms with Gasteiger partial charge in [-0.3, -0.25) is 4.90 Å². The van der Waals surface area contributed by atoms with E-state index in [0.29, 0.717) is 5.92 Å². The largest absolute Gasteiger partial charge is 0.330 e. The predicted octanol–water partition coefficient (Wildman–Crippen LogP) is 3.42. The zero-order chi connectivity index (χ0) is 12.8. The van der Waals surface area contributed by atoms with Gasteiger partial charge in [0.05, 0.1) is 0 Å². The van der Waals surface area contributed by atoms with E-state index < -0.39 is 0 Å². The maximum atomic E-state index is 5.74. The van der Waals surface area contributed by atoms with E-state index in [1.165, 1.54) is 37.9 Å². The van der Waals surface area contributed by atoms with Crippen LogP contribution in [0.1, 0.15) is 44.1 Å². The second-order valence-corrected chi connectivity index (χ2v) is 5.53. The second-order valence-electron chi connectivity index (χ2n) is 5.53. The third kappa shape index (κ3) is 4.79.